The first-order chi connectivity index (χ1) is 18.1. The van der Waals surface area contributed by atoms with E-state index >= 15 is 0 Å². The highest BCUT2D eigenvalue weighted by molar-refractivity contribution is 6.32. The van der Waals surface area contributed by atoms with E-state index < -0.39 is 11.8 Å². The van der Waals surface area contributed by atoms with Crippen molar-refractivity contribution in [1.29, 1.82) is 5.26 Å². The van der Waals surface area contributed by atoms with E-state index in [0.717, 1.165) is 16.7 Å². The lowest BCUT2D eigenvalue weighted by molar-refractivity contribution is -0.118. The number of nitrogens with zero attached hydrogens (tertiary/aromatic N) is 1. The molecule has 196 valence electrons. The number of hydrogen-bond acceptors (Lipinski definition) is 5. The molecule has 0 saturated heterocycles. The van der Waals surface area contributed by atoms with E-state index in [0.29, 0.717) is 28.6 Å². The van der Waals surface area contributed by atoms with Crippen LogP contribution in [-0.2, 0) is 9.59 Å². The molecular formula is C29H27Cl2N3O4. The van der Waals surface area contributed by atoms with E-state index in [2.05, 4.69) is 10.6 Å². The fourth-order valence-electron chi connectivity index (χ4n) is 3.47. The number of carbonyl (C=O) groups excluding carboxylic acids is 2. The number of amides is 2. The van der Waals surface area contributed by atoms with Crippen LogP contribution in [0.15, 0.2) is 54.1 Å². The lowest BCUT2D eigenvalue weighted by Gasteiger charge is -2.15. The molecular weight excluding hydrogens is 525 g/mol. The first kappa shape index (κ1) is 28.6. The first-order valence-corrected chi connectivity index (χ1v) is 12.5. The highest BCUT2D eigenvalue weighted by atomic mass is 35.5. The second-order valence-corrected chi connectivity index (χ2v) is 9.25. The van der Waals surface area contributed by atoms with Crippen molar-refractivity contribution in [3.05, 3.63) is 86.4 Å². The summed E-state index contributed by atoms with van der Waals surface area (Å²) in [5.41, 5.74) is 4.33. The van der Waals surface area contributed by atoms with Gasteiger partial charge in [-0.25, -0.2) is 0 Å². The van der Waals surface area contributed by atoms with Gasteiger partial charge in [0.05, 0.1) is 11.6 Å². The minimum absolute atomic E-state index is 0.116. The Labute approximate surface area is 232 Å². The highest BCUT2D eigenvalue weighted by Gasteiger charge is 2.17. The third-order valence-corrected chi connectivity index (χ3v) is 6.35. The van der Waals surface area contributed by atoms with Gasteiger partial charge in [-0.2, -0.15) is 5.26 Å². The lowest BCUT2D eigenvalue weighted by Crippen LogP contribution is -2.20. The van der Waals surface area contributed by atoms with Crippen molar-refractivity contribution in [1.82, 2.24) is 0 Å². The van der Waals surface area contributed by atoms with Crippen LogP contribution >= 0.6 is 23.2 Å². The normalized spacial score (nSPS) is 10.9. The van der Waals surface area contributed by atoms with Crippen LogP contribution in [0.4, 0.5) is 11.4 Å². The molecule has 3 aromatic rings. The molecule has 0 unspecified atom stereocenters. The molecule has 3 rings (SSSR count). The van der Waals surface area contributed by atoms with Crippen LogP contribution in [0.1, 0.15) is 29.2 Å². The summed E-state index contributed by atoms with van der Waals surface area (Å²) >= 11 is 12.6. The van der Waals surface area contributed by atoms with Crippen molar-refractivity contribution in [2.75, 3.05) is 23.8 Å². The van der Waals surface area contributed by atoms with E-state index in [4.69, 9.17) is 32.7 Å². The van der Waals surface area contributed by atoms with Gasteiger partial charge in [0.2, 0.25) is 0 Å². The van der Waals surface area contributed by atoms with Gasteiger partial charge in [-0.05, 0) is 86.4 Å². The Hall–Kier alpha value is -3.99. The van der Waals surface area contributed by atoms with Crippen LogP contribution in [0.2, 0.25) is 10.0 Å². The maximum absolute atomic E-state index is 12.8. The molecule has 0 aromatic heterocycles. The number of nitriles is 1. The van der Waals surface area contributed by atoms with Gasteiger partial charge in [-0.1, -0.05) is 41.4 Å². The molecule has 2 amide bonds. The Morgan fingerprint density at radius 2 is 1.74 bits per heavy atom. The van der Waals surface area contributed by atoms with E-state index in [1.54, 1.807) is 37.3 Å². The third kappa shape index (κ3) is 7.28. The number of benzene rings is 3. The van der Waals surface area contributed by atoms with Crippen LogP contribution in [0, 0.1) is 32.1 Å². The third-order valence-electron chi connectivity index (χ3n) is 5.66. The molecule has 2 N–H and O–H groups in total. The number of aryl methyl sites for hydroxylation is 2. The van der Waals surface area contributed by atoms with Crippen LogP contribution in [0.5, 0.6) is 11.5 Å². The number of ether oxygens (including phenoxy) is 2. The Balaban J connectivity index is 1.78. The average molecular weight is 552 g/mol. The first-order valence-electron chi connectivity index (χ1n) is 11.8. The molecule has 3 aromatic carbocycles. The summed E-state index contributed by atoms with van der Waals surface area (Å²) in [5.74, 6) is -0.531. The van der Waals surface area contributed by atoms with Gasteiger partial charge in [-0.3, -0.25) is 9.59 Å². The maximum atomic E-state index is 12.8. The lowest BCUT2D eigenvalue weighted by atomic mass is 10.1. The summed E-state index contributed by atoms with van der Waals surface area (Å²) in [6.45, 7) is 7.45. The topological polar surface area (TPSA) is 100 Å². The van der Waals surface area contributed by atoms with Crippen molar-refractivity contribution in [3.8, 4) is 17.6 Å². The standard InChI is InChI=1S/C29H27Cl2N3O4/c1-5-37-26-13-20(11-21(15-32)29(36)34-25-8-6-7-17(2)19(25)4)12-24(31)28(26)38-16-27(35)33-22-10-9-18(3)23(30)14-22/h6-14H,5,16H2,1-4H3,(H,33,35)(H,34,36)/b21-11-. The summed E-state index contributed by atoms with van der Waals surface area (Å²) in [7, 11) is 0. The van der Waals surface area contributed by atoms with Crippen molar-refractivity contribution in [3.63, 3.8) is 0 Å². The molecule has 38 heavy (non-hydrogen) atoms. The molecule has 0 fully saturated rings. The molecule has 0 aliphatic rings. The van der Waals surface area contributed by atoms with Crippen LogP contribution in [-0.4, -0.2) is 25.0 Å². The predicted molar refractivity (Wildman–Crippen MR) is 151 cm³/mol. The van der Waals surface area contributed by atoms with Gasteiger partial charge in [0, 0.05) is 16.4 Å². The predicted octanol–water partition coefficient (Wildman–Crippen LogP) is 6.88. The summed E-state index contributed by atoms with van der Waals surface area (Å²) in [6.07, 6.45) is 1.41. The molecule has 0 bridgehead atoms. The highest BCUT2D eigenvalue weighted by Crippen LogP contribution is 2.37. The Morgan fingerprint density at radius 3 is 2.42 bits per heavy atom. The zero-order valence-electron chi connectivity index (χ0n) is 21.4. The summed E-state index contributed by atoms with van der Waals surface area (Å²) in [4.78, 5) is 25.2. The molecule has 0 aliphatic heterocycles. The number of anilines is 2. The van der Waals surface area contributed by atoms with Crippen LogP contribution in [0.25, 0.3) is 6.08 Å². The van der Waals surface area contributed by atoms with E-state index in [-0.39, 0.29) is 28.7 Å². The SMILES string of the molecule is CCOc1cc(/C=C(/C#N)C(=O)Nc2cccc(C)c2C)cc(Cl)c1OCC(=O)Nc1ccc(C)c(Cl)c1. The Morgan fingerprint density at radius 1 is 0.974 bits per heavy atom. The van der Waals surface area contributed by atoms with Gasteiger partial charge >= 0.3 is 0 Å². The van der Waals surface area contributed by atoms with E-state index in [9.17, 15) is 14.9 Å². The van der Waals surface area contributed by atoms with Crippen molar-refractivity contribution in [2.45, 2.75) is 27.7 Å². The monoisotopic (exact) mass is 551 g/mol. The second kappa shape index (κ2) is 13.0. The van der Waals surface area contributed by atoms with Crippen molar-refractivity contribution < 1.29 is 19.1 Å². The minimum Gasteiger partial charge on any atom is -0.490 e. The molecule has 9 heteroatoms. The molecule has 0 aliphatic carbocycles. The summed E-state index contributed by atoms with van der Waals surface area (Å²) in [6, 6.07) is 15.8. The number of nitrogens with one attached hydrogen (secondary N) is 2. The van der Waals surface area contributed by atoms with E-state index in [1.807, 2.05) is 39.0 Å². The summed E-state index contributed by atoms with van der Waals surface area (Å²) < 4.78 is 11.3. The fourth-order valence-corrected chi connectivity index (χ4v) is 3.93. The molecule has 0 heterocycles. The number of halogens is 2. The quantitative estimate of drug-likeness (QED) is 0.223. The largest absolute Gasteiger partial charge is 0.490 e. The molecule has 0 spiro atoms. The van der Waals surface area contributed by atoms with Gasteiger partial charge in [0.25, 0.3) is 11.8 Å². The molecule has 0 atom stereocenters. The molecule has 0 saturated carbocycles. The van der Waals surface area contributed by atoms with Crippen molar-refractivity contribution >= 4 is 52.5 Å². The number of carbonyl (C=O) groups is 2. The number of hydrogen-bond donors (Lipinski definition) is 2. The molecule has 0 radical (unpaired) electrons. The Kier molecular flexibility index (Phi) is 9.78. The van der Waals surface area contributed by atoms with Gasteiger partial charge in [-0.15, -0.1) is 0 Å². The smallest absolute Gasteiger partial charge is 0.266 e. The van der Waals surface area contributed by atoms with E-state index in [1.165, 1.54) is 12.1 Å². The maximum Gasteiger partial charge on any atom is 0.266 e. The zero-order valence-corrected chi connectivity index (χ0v) is 23.0. The molecule has 7 nitrogen and oxygen atoms in total. The minimum atomic E-state index is -0.552. The fraction of sp³-hybridized carbons (Fsp3) is 0.207. The van der Waals surface area contributed by atoms with Crippen molar-refractivity contribution in [2.24, 2.45) is 0 Å². The second-order valence-electron chi connectivity index (χ2n) is 8.44. The summed E-state index contributed by atoms with van der Waals surface area (Å²) in [5, 5.41) is 15.8. The van der Waals surface area contributed by atoms with Gasteiger partial charge in [0.1, 0.15) is 11.6 Å². The van der Waals surface area contributed by atoms with Crippen LogP contribution < -0.4 is 20.1 Å². The van der Waals surface area contributed by atoms with Gasteiger partial charge in [0.15, 0.2) is 18.1 Å². The Bertz CT molecular complexity index is 1440. The van der Waals surface area contributed by atoms with Crippen LogP contribution in [0.3, 0.4) is 0 Å². The van der Waals surface area contributed by atoms with Gasteiger partial charge < -0.3 is 20.1 Å². The zero-order chi connectivity index (χ0) is 27.8. The average Bonchev–Trinajstić information content (AvgIpc) is 2.87. The number of rotatable bonds is 9.